The summed E-state index contributed by atoms with van der Waals surface area (Å²) in [5.74, 6) is -2.34. The summed E-state index contributed by atoms with van der Waals surface area (Å²) in [6.07, 6.45) is -4.15. The zero-order valence-corrected chi connectivity index (χ0v) is 18.1. The van der Waals surface area contributed by atoms with E-state index in [9.17, 15) is 37.5 Å². The van der Waals surface area contributed by atoms with Crippen LogP contribution in [0.5, 0.6) is 0 Å². The first-order valence-electron chi connectivity index (χ1n) is 10.6. The molecular formula is C26H18F4N2O3. The normalized spacial score (nSPS) is 17.7. The molecule has 5 nitrogen and oxygen atoms in total. The van der Waals surface area contributed by atoms with Crippen LogP contribution in [0.1, 0.15) is 45.9 Å². The van der Waals surface area contributed by atoms with Gasteiger partial charge in [-0.05, 0) is 54.3 Å². The second-order valence-electron chi connectivity index (χ2n) is 8.13. The van der Waals surface area contributed by atoms with Crippen LogP contribution in [-0.4, -0.2) is 27.9 Å². The lowest BCUT2D eigenvalue weighted by Crippen LogP contribution is -2.42. The number of hydrogen-bond donors (Lipinski definition) is 1. The van der Waals surface area contributed by atoms with Crippen molar-refractivity contribution >= 4 is 11.9 Å². The standard InChI is InChI=1S/C26H18F4N2O3/c27-21-4-2-1-3-20(21)22-11-12-23(25(34)35)32(22)24(33)16-7-5-15(6-8-16)19-10-9-18(26(28,29)30)13-17(19)14-31/h1-10,13,22-23H,11-12H2,(H,34,35)/t22?,23-/m0/s1. The van der Waals surface area contributed by atoms with E-state index < -0.39 is 41.5 Å². The summed E-state index contributed by atoms with van der Waals surface area (Å²) in [7, 11) is 0. The fourth-order valence-corrected chi connectivity index (χ4v) is 4.39. The minimum atomic E-state index is -4.59. The molecule has 0 aliphatic carbocycles. The first-order valence-corrected chi connectivity index (χ1v) is 10.6. The van der Waals surface area contributed by atoms with Crippen LogP contribution < -0.4 is 0 Å². The van der Waals surface area contributed by atoms with Gasteiger partial charge >= 0.3 is 12.1 Å². The van der Waals surface area contributed by atoms with Gasteiger partial charge in [-0.3, -0.25) is 4.79 Å². The van der Waals surface area contributed by atoms with E-state index in [0.29, 0.717) is 5.56 Å². The maximum absolute atomic E-state index is 14.4. The van der Waals surface area contributed by atoms with Crippen LogP contribution >= 0.6 is 0 Å². The molecule has 2 atom stereocenters. The van der Waals surface area contributed by atoms with Crippen LogP contribution in [0.2, 0.25) is 0 Å². The van der Waals surface area contributed by atoms with E-state index >= 15 is 0 Å². The Bertz CT molecular complexity index is 1330. The highest BCUT2D eigenvalue weighted by molar-refractivity contribution is 5.97. The van der Waals surface area contributed by atoms with Gasteiger partial charge in [0.05, 0.1) is 23.2 Å². The molecule has 0 aromatic heterocycles. The number of hydrogen-bond acceptors (Lipinski definition) is 3. The van der Waals surface area contributed by atoms with Gasteiger partial charge in [0.15, 0.2) is 0 Å². The van der Waals surface area contributed by atoms with Crippen molar-refractivity contribution in [2.24, 2.45) is 0 Å². The molecule has 1 fully saturated rings. The predicted octanol–water partition coefficient (Wildman–Crippen LogP) is 5.81. The van der Waals surface area contributed by atoms with E-state index in [0.717, 1.165) is 17.0 Å². The van der Waals surface area contributed by atoms with Crippen LogP contribution in [0.3, 0.4) is 0 Å². The molecule has 9 heteroatoms. The Morgan fingerprint density at radius 3 is 2.29 bits per heavy atom. The number of carboxylic acid groups (broad SMARTS) is 1. The molecule has 1 saturated heterocycles. The van der Waals surface area contributed by atoms with Crippen molar-refractivity contribution in [1.29, 1.82) is 5.26 Å². The second kappa shape index (κ2) is 9.22. The van der Waals surface area contributed by atoms with E-state index in [1.54, 1.807) is 12.1 Å². The molecule has 178 valence electrons. The minimum Gasteiger partial charge on any atom is -0.480 e. The Kier molecular flexibility index (Phi) is 6.31. The van der Waals surface area contributed by atoms with Gasteiger partial charge in [-0.15, -0.1) is 0 Å². The third-order valence-electron chi connectivity index (χ3n) is 6.08. The second-order valence-corrected chi connectivity index (χ2v) is 8.13. The summed E-state index contributed by atoms with van der Waals surface area (Å²) < 4.78 is 53.4. The summed E-state index contributed by atoms with van der Waals surface area (Å²) in [6, 6.07) is 14.3. The summed E-state index contributed by atoms with van der Waals surface area (Å²) in [6.45, 7) is 0. The largest absolute Gasteiger partial charge is 0.480 e. The van der Waals surface area contributed by atoms with Crippen molar-refractivity contribution < 1.29 is 32.3 Å². The number of likely N-dealkylation sites (tertiary alicyclic amines) is 1. The highest BCUT2D eigenvalue weighted by Gasteiger charge is 2.42. The molecule has 35 heavy (non-hydrogen) atoms. The molecule has 1 amide bonds. The average molecular weight is 482 g/mol. The maximum Gasteiger partial charge on any atom is 0.416 e. The molecule has 0 saturated carbocycles. The van der Waals surface area contributed by atoms with E-state index in [4.69, 9.17) is 0 Å². The van der Waals surface area contributed by atoms with Gasteiger partial charge < -0.3 is 10.0 Å². The Balaban J connectivity index is 1.67. The Labute approximate surface area is 197 Å². The van der Waals surface area contributed by atoms with Crippen molar-refractivity contribution in [2.45, 2.75) is 31.1 Å². The number of nitrogens with zero attached hydrogens (tertiary/aromatic N) is 2. The summed E-state index contributed by atoms with van der Waals surface area (Å²) in [4.78, 5) is 26.3. The summed E-state index contributed by atoms with van der Waals surface area (Å²) in [5.41, 5.74) is -0.0955. The molecule has 1 aliphatic heterocycles. The van der Waals surface area contributed by atoms with E-state index in [2.05, 4.69) is 0 Å². The van der Waals surface area contributed by atoms with Crippen molar-refractivity contribution in [3.05, 3.63) is 94.8 Å². The number of carboxylic acids is 1. The number of benzene rings is 3. The van der Waals surface area contributed by atoms with E-state index in [1.807, 2.05) is 0 Å². The number of carbonyl (C=O) groups is 2. The predicted molar refractivity (Wildman–Crippen MR) is 118 cm³/mol. The van der Waals surface area contributed by atoms with E-state index in [1.165, 1.54) is 48.5 Å². The molecular weight excluding hydrogens is 464 g/mol. The fourth-order valence-electron chi connectivity index (χ4n) is 4.39. The van der Waals surface area contributed by atoms with Crippen LogP contribution in [0.15, 0.2) is 66.7 Å². The third-order valence-corrected chi connectivity index (χ3v) is 6.08. The minimum absolute atomic E-state index is 0.133. The average Bonchev–Trinajstić information content (AvgIpc) is 3.28. The zero-order valence-electron chi connectivity index (χ0n) is 18.1. The molecule has 1 unspecified atom stereocenters. The zero-order chi connectivity index (χ0) is 25.3. The molecule has 4 rings (SSSR count). The topological polar surface area (TPSA) is 81.4 Å². The third kappa shape index (κ3) is 4.60. The first-order chi connectivity index (χ1) is 16.6. The van der Waals surface area contributed by atoms with Crippen LogP contribution in [-0.2, 0) is 11.0 Å². The van der Waals surface area contributed by atoms with Gasteiger partial charge in [0.25, 0.3) is 5.91 Å². The van der Waals surface area contributed by atoms with Crippen LogP contribution in [0.25, 0.3) is 11.1 Å². The maximum atomic E-state index is 14.4. The molecule has 0 radical (unpaired) electrons. The summed E-state index contributed by atoms with van der Waals surface area (Å²) >= 11 is 0. The van der Waals surface area contributed by atoms with Crippen LogP contribution in [0, 0.1) is 17.1 Å². The van der Waals surface area contributed by atoms with Gasteiger partial charge in [-0.25, -0.2) is 9.18 Å². The monoisotopic (exact) mass is 482 g/mol. The van der Waals surface area contributed by atoms with E-state index in [-0.39, 0.29) is 35.1 Å². The lowest BCUT2D eigenvalue weighted by atomic mass is 9.96. The lowest BCUT2D eigenvalue weighted by Gasteiger charge is -2.29. The van der Waals surface area contributed by atoms with Gasteiger partial charge in [0, 0.05) is 11.1 Å². The van der Waals surface area contributed by atoms with Gasteiger partial charge in [-0.1, -0.05) is 36.4 Å². The number of aliphatic carboxylic acids is 1. The quantitative estimate of drug-likeness (QED) is 0.476. The SMILES string of the molecule is N#Cc1cc(C(F)(F)F)ccc1-c1ccc(C(=O)N2C(c3ccccc3F)CC[C@H]2C(=O)O)cc1. The highest BCUT2D eigenvalue weighted by atomic mass is 19.4. The molecule has 3 aromatic rings. The van der Waals surface area contributed by atoms with Crippen molar-refractivity contribution in [3.8, 4) is 17.2 Å². The Morgan fingerprint density at radius 2 is 1.69 bits per heavy atom. The number of nitriles is 1. The van der Waals surface area contributed by atoms with Gasteiger partial charge in [0.2, 0.25) is 0 Å². The van der Waals surface area contributed by atoms with Crippen molar-refractivity contribution in [3.63, 3.8) is 0 Å². The molecule has 1 N–H and O–H groups in total. The number of rotatable bonds is 4. The highest BCUT2D eigenvalue weighted by Crippen LogP contribution is 2.39. The number of carbonyl (C=O) groups excluding carboxylic acids is 1. The number of amides is 1. The first kappa shape index (κ1) is 24.0. The van der Waals surface area contributed by atoms with Gasteiger partial charge in [-0.2, -0.15) is 18.4 Å². The van der Waals surface area contributed by atoms with Gasteiger partial charge in [0.1, 0.15) is 11.9 Å². The molecule has 0 bridgehead atoms. The Morgan fingerprint density at radius 1 is 1.00 bits per heavy atom. The fraction of sp³-hybridized carbons (Fsp3) is 0.192. The lowest BCUT2D eigenvalue weighted by molar-refractivity contribution is -0.141. The number of alkyl halides is 3. The Hall–Kier alpha value is -4.19. The van der Waals surface area contributed by atoms with Crippen LogP contribution in [0.4, 0.5) is 17.6 Å². The smallest absolute Gasteiger partial charge is 0.416 e. The van der Waals surface area contributed by atoms with Crippen molar-refractivity contribution in [1.82, 2.24) is 4.90 Å². The van der Waals surface area contributed by atoms with Crippen molar-refractivity contribution in [2.75, 3.05) is 0 Å². The number of halogens is 4. The molecule has 3 aromatic carbocycles. The molecule has 0 spiro atoms. The molecule has 1 aliphatic rings. The molecule has 1 heterocycles. The summed E-state index contributed by atoms with van der Waals surface area (Å²) in [5, 5.41) is 19.0.